The highest BCUT2D eigenvalue weighted by Crippen LogP contribution is 2.52. The summed E-state index contributed by atoms with van der Waals surface area (Å²) in [5, 5.41) is 5.66. The molecule has 17 nitrogen and oxygen atoms in total. The molecular formula is C56H65FN12O5. The highest BCUT2D eigenvalue weighted by atomic mass is 19.1. The summed E-state index contributed by atoms with van der Waals surface area (Å²) in [6.07, 6.45) is 15.6. The number of imidazole rings is 1. The number of likely N-dealkylation sites (tertiary alicyclic amines) is 3. The fourth-order valence-corrected chi connectivity index (χ4v) is 13.2. The number of nitrogens with zero attached hydrogens (tertiary/aromatic N) is 10. The molecule has 2 atom stereocenters. The van der Waals surface area contributed by atoms with Crippen molar-refractivity contribution >= 4 is 63.6 Å². The predicted molar refractivity (Wildman–Crippen MR) is 277 cm³/mol. The number of amides is 5. The third kappa shape index (κ3) is 8.65. The second-order valence-corrected chi connectivity index (χ2v) is 22.1. The average molecular weight is 1010 g/mol. The van der Waals surface area contributed by atoms with Gasteiger partial charge in [-0.1, -0.05) is 24.6 Å². The molecule has 2 N–H and O–H groups in total. The molecule has 0 bridgehead atoms. The Morgan fingerprint density at radius 2 is 1.58 bits per heavy atom. The molecule has 12 rings (SSSR count). The lowest BCUT2D eigenvalue weighted by Crippen LogP contribution is -2.58. The number of carbonyl (C=O) groups excluding carboxylic acids is 5. The van der Waals surface area contributed by atoms with Crippen LogP contribution in [-0.2, 0) is 29.4 Å². The van der Waals surface area contributed by atoms with Crippen LogP contribution in [0.5, 0.6) is 0 Å². The van der Waals surface area contributed by atoms with Gasteiger partial charge in [-0.25, -0.2) is 19.3 Å². The van der Waals surface area contributed by atoms with E-state index in [-0.39, 0.29) is 65.1 Å². The summed E-state index contributed by atoms with van der Waals surface area (Å²) in [6, 6.07) is 14.3. The van der Waals surface area contributed by atoms with E-state index in [0.717, 1.165) is 59.6 Å². The van der Waals surface area contributed by atoms with E-state index in [1.165, 1.54) is 25.5 Å². The van der Waals surface area contributed by atoms with Crippen molar-refractivity contribution in [1.29, 1.82) is 0 Å². The normalized spacial score (nSPS) is 24.5. The first-order valence-electron chi connectivity index (χ1n) is 27.0. The maximum absolute atomic E-state index is 15.3. The van der Waals surface area contributed by atoms with Crippen molar-refractivity contribution in [2.24, 2.45) is 11.8 Å². The average Bonchev–Trinajstić information content (AvgIpc) is 4.14. The number of carbonyl (C=O) groups is 5. The second kappa shape index (κ2) is 19.5. The number of halogens is 1. The number of aromatic nitrogens is 5. The Morgan fingerprint density at radius 3 is 2.31 bits per heavy atom. The lowest BCUT2D eigenvalue weighted by atomic mass is 9.73. The molecule has 4 aromatic heterocycles. The summed E-state index contributed by atoms with van der Waals surface area (Å²) < 4.78 is 17.1. The van der Waals surface area contributed by atoms with Gasteiger partial charge in [-0.15, -0.1) is 0 Å². The minimum absolute atomic E-state index is 0.0653. The molecule has 0 radical (unpaired) electrons. The topological polar surface area (TPSA) is 182 Å². The van der Waals surface area contributed by atoms with E-state index in [0.29, 0.717) is 107 Å². The van der Waals surface area contributed by atoms with Gasteiger partial charge in [-0.2, -0.15) is 0 Å². The molecule has 18 heteroatoms. The molecule has 0 unspecified atom stereocenters. The minimum Gasteiger partial charge on any atom is -0.357 e. The quantitative estimate of drug-likeness (QED) is 0.139. The van der Waals surface area contributed by atoms with Crippen LogP contribution >= 0.6 is 0 Å². The molecule has 5 saturated heterocycles. The van der Waals surface area contributed by atoms with E-state index >= 15 is 9.18 Å². The highest BCUT2D eigenvalue weighted by molar-refractivity contribution is 6.09. The largest absolute Gasteiger partial charge is 0.357 e. The maximum Gasteiger partial charge on any atom is 0.238 e. The van der Waals surface area contributed by atoms with Crippen LogP contribution in [-0.4, -0.2) is 133 Å². The van der Waals surface area contributed by atoms with Gasteiger partial charge in [0.1, 0.15) is 11.3 Å². The third-order valence-electron chi connectivity index (χ3n) is 17.5. The zero-order valence-electron chi connectivity index (χ0n) is 42.3. The summed E-state index contributed by atoms with van der Waals surface area (Å²) in [5.41, 5.74) is 5.16. The smallest absolute Gasteiger partial charge is 0.238 e. The Labute approximate surface area is 430 Å². The zero-order valence-corrected chi connectivity index (χ0v) is 42.3. The van der Waals surface area contributed by atoms with Gasteiger partial charge in [-0.3, -0.25) is 34.3 Å². The van der Waals surface area contributed by atoms with Gasteiger partial charge in [-0.05, 0) is 127 Å². The number of nitrogens with one attached hydrogen (secondary N) is 2. The van der Waals surface area contributed by atoms with Gasteiger partial charge in [0.15, 0.2) is 11.6 Å². The Kier molecular flexibility index (Phi) is 12.7. The van der Waals surface area contributed by atoms with Gasteiger partial charge in [0.2, 0.25) is 29.5 Å². The Bertz CT molecular complexity index is 3010. The number of fused-ring (bicyclic) bond motifs is 3. The lowest BCUT2D eigenvalue weighted by Gasteiger charge is -2.48. The molecular weight excluding hydrogens is 940 g/mol. The van der Waals surface area contributed by atoms with Gasteiger partial charge >= 0.3 is 0 Å². The van der Waals surface area contributed by atoms with Crippen molar-refractivity contribution in [3.05, 3.63) is 84.3 Å². The first-order valence-corrected chi connectivity index (χ1v) is 27.0. The summed E-state index contributed by atoms with van der Waals surface area (Å²) in [7, 11) is 0. The molecule has 7 aliphatic rings. The number of rotatable bonds is 10. The van der Waals surface area contributed by atoms with Crippen LogP contribution < -0.4 is 20.4 Å². The fraction of sp³-hybridized carbons (Fsp3) is 0.518. The van der Waals surface area contributed by atoms with Crippen LogP contribution in [0.15, 0.2) is 67.4 Å². The Hall–Kier alpha value is -6.82. The van der Waals surface area contributed by atoms with Gasteiger partial charge < -0.3 is 34.4 Å². The van der Waals surface area contributed by atoms with Crippen molar-refractivity contribution in [1.82, 2.24) is 44.5 Å². The highest BCUT2D eigenvalue weighted by Gasteiger charge is 2.56. The molecule has 6 aliphatic heterocycles. The summed E-state index contributed by atoms with van der Waals surface area (Å²) in [4.78, 5) is 96.8. The first kappa shape index (κ1) is 48.1. The van der Waals surface area contributed by atoms with Crippen molar-refractivity contribution in [2.75, 3.05) is 67.5 Å². The molecule has 1 aromatic carbocycles. The van der Waals surface area contributed by atoms with E-state index < -0.39 is 11.2 Å². The van der Waals surface area contributed by atoms with Crippen LogP contribution in [0.3, 0.4) is 0 Å². The first-order chi connectivity index (χ1) is 35.9. The molecule has 5 aromatic rings. The zero-order chi connectivity index (χ0) is 50.8. The van der Waals surface area contributed by atoms with Gasteiger partial charge in [0.05, 0.1) is 46.7 Å². The number of benzene rings is 1. The molecule has 10 heterocycles. The SMILES string of the molecule is CC(C)n1cnc2cc(-c3ccc4c(c3)N(C3CC(N5CCCCC5)C3)C(=O)C43CCN(C(=O)[C@H]4CCN(C(=O)C5CCN(c6ccc([C@H]7CCC(=O)NC7=O)cn6)CC5)C4)CC3)nc(Nc3ccncc3F)c21. The third-order valence-corrected chi connectivity index (χ3v) is 17.5. The maximum atomic E-state index is 15.3. The van der Waals surface area contributed by atoms with Gasteiger partial charge in [0, 0.05) is 93.4 Å². The van der Waals surface area contributed by atoms with E-state index in [1.807, 2.05) is 38.6 Å². The number of hydrogen-bond donors (Lipinski definition) is 2. The second-order valence-electron chi connectivity index (χ2n) is 22.1. The number of imide groups is 1. The molecule has 1 saturated carbocycles. The monoisotopic (exact) mass is 1000 g/mol. The molecule has 6 fully saturated rings. The van der Waals surface area contributed by atoms with Crippen molar-refractivity contribution in [3.8, 4) is 11.3 Å². The predicted octanol–water partition coefficient (Wildman–Crippen LogP) is 6.86. The van der Waals surface area contributed by atoms with Crippen molar-refractivity contribution < 1.29 is 28.4 Å². The van der Waals surface area contributed by atoms with Crippen LogP contribution in [0.1, 0.15) is 114 Å². The van der Waals surface area contributed by atoms with Crippen molar-refractivity contribution in [3.63, 3.8) is 0 Å². The number of hydrogen-bond acceptors (Lipinski definition) is 12. The Morgan fingerprint density at radius 1 is 0.811 bits per heavy atom. The number of anilines is 4. The number of pyridine rings is 3. The van der Waals surface area contributed by atoms with Crippen LogP contribution in [0.25, 0.3) is 22.3 Å². The molecule has 1 aliphatic carbocycles. The van der Waals surface area contributed by atoms with Crippen molar-refractivity contribution in [2.45, 2.75) is 120 Å². The van der Waals surface area contributed by atoms with E-state index in [1.54, 1.807) is 24.8 Å². The minimum atomic E-state index is -0.766. The lowest BCUT2D eigenvalue weighted by molar-refractivity contribution is -0.140. The fourth-order valence-electron chi connectivity index (χ4n) is 13.2. The van der Waals surface area contributed by atoms with E-state index in [2.05, 4.69) is 61.3 Å². The molecule has 386 valence electrons. The van der Waals surface area contributed by atoms with E-state index in [9.17, 15) is 19.2 Å². The van der Waals surface area contributed by atoms with Crippen LogP contribution in [0.2, 0.25) is 0 Å². The standard InChI is InChI=1S/C56H65FN12O5/c1-34(2)68-33-60-46-29-45(62-51(50(46)68)61-44-12-18-58-31-43(44)57)36-6-9-42-47(26-36)69(40-27-39(28-40)64-19-4-3-5-20-64)55(74)56(42)16-24-66(25-17-56)54(73)38-15-23-67(32-38)53(72)35-13-21-65(22-14-35)48-10-7-37(30-59-48)41-8-11-49(70)63-52(41)71/h6-7,9-10,12,18,26,29-31,33-35,38-41H,3-5,8,11,13-17,19-25,27-28,32H2,1-2H3,(H,58,61,62)(H,63,70,71)/t38-,39?,40?,41+/m0/s1. The summed E-state index contributed by atoms with van der Waals surface area (Å²) >= 11 is 0. The Balaban J connectivity index is 0.729. The summed E-state index contributed by atoms with van der Waals surface area (Å²) in [6.45, 7) is 9.60. The molecule has 74 heavy (non-hydrogen) atoms. The van der Waals surface area contributed by atoms with E-state index in [4.69, 9.17) is 9.97 Å². The summed E-state index contributed by atoms with van der Waals surface area (Å²) in [5.74, 6) is -0.226. The van der Waals surface area contributed by atoms with Gasteiger partial charge in [0.25, 0.3) is 0 Å². The molecule has 5 amide bonds. The van der Waals surface area contributed by atoms with Crippen LogP contribution in [0, 0.1) is 17.7 Å². The number of piperidine rings is 4. The van der Waals surface area contributed by atoms with Crippen LogP contribution in [0.4, 0.5) is 27.4 Å². The molecule has 1 spiro atoms.